The Labute approximate surface area is 240 Å². The Hall–Kier alpha value is -2.38. The average molecular weight is 663 g/mol. The van der Waals surface area contributed by atoms with Gasteiger partial charge in [0.2, 0.25) is 11.5 Å². The molecule has 0 aliphatic rings. The van der Waals surface area contributed by atoms with Gasteiger partial charge >= 0.3 is 5.97 Å². The Bertz CT molecular complexity index is 1100. The Balaban J connectivity index is 2.54. The van der Waals surface area contributed by atoms with Crippen LogP contribution in [0.5, 0.6) is 34.5 Å². The van der Waals surface area contributed by atoms with Crippen LogP contribution in [-0.4, -0.2) is 63.6 Å². The molecule has 0 saturated carbocycles. The Kier molecular flexibility index (Phi) is 11.0. The molecule has 1 atom stereocenters. The zero-order valence-electron chi connectivity index (χ0n) is 24.1. The predicted octanol–water partition coefficient (Wildman–Crippen LogP) is 6.26. The first-order valence-electron chi connectivity index (χ1n) is 11.9. The summed E-state index contributed by atoms with van der Waals surface area (Å²) < 4.78 is 46.3. The van der Waals surface area contributed by atoms with Crippen molar-refractivity contribution in [2.75, 3.05) is 49.3 Å². The highest BCUT2D eigenvalue weighted by Crippen LogP contribution is 2.47. The second-order valence-electron chi connectivity index (χ2n) is 9.93. The van der Waals surface area contributed by atoms with E-state index in [2.05, 4.69) is 56.5 Å². The molecular formula is C27H39IO9Si. The maximum atomic E-state index is 13.2. The number of hydrogen-bond acceptors (Lipinski definition) is 9. The fourth-order valence-corrected chi connectivity index (χ4v) is 5.76. The maximum Gasteiger partial charge on any atom is 0.338 e. The Morgan fingerprint density at radius 2 is 1.26 bits per heavy atom. The third-order valence-electron chi connectivity index (χ3n) is 6.65. The molecule has 11 heteroatoms. The number of carbonyl (C=O) groups is 1. The van der Waals surface area contributed by atoms with Crippen molar-refractivity contribution in [2.24, 2.45) is 0 Å². The predicted molar refractivity (Wildman–Crippen MR) is 156 cm³/mol. The molecule has 0 amide bonds. The summed E-state index contributed by atoms with van der Waals surface area (Å²) in [4.78, 5) is 13.2. The van der Waals surface area contributed by atoms with E-state index in [-0.39, 0.29) is 17.2 Å². The number of methoxy groups -OCH3 is 6. The van der Waals surface area contributed by atoms with Gasteiger partial charge in [0.15, 0.2) is 31.3 Å². The lowest BCUT2D eigenvalue weighted by Gasteiger charge is -2.39. The van der Waals surface area contributed by atoms with Gasteiger partial charge < -0.3 is 37.6 Å². The number of ether oxygens (including phenoxy) is 7. The molecule has 0 heterocycles. The van der Waals surface area contributed by atoms with Crippen LogP contribution in [-0.2, 0) is 9.16 Å². The van der Waals surface area contributed by atoms with E-state index in [0.29, 0.717) is 34.5 Å². The van der Waals surface area contributed by atoms with E-state index in [1.807, 2.05) is 6.07 Å². The van der Waals surface area contributed by atoms with E-state index in [1.165, 1.54) is 21.3 Å². The Morgan fingerprint density at radius 3 is 1.68 bits per heavy atom. The van der Waals surface area contributed by atoms with Gasteiger partial charge in [0, 0.05) is 5.56 Å². The quantitative estimate of drug-likeness (QED) is 0.148. The molecule has 0 aliphatic heterocycles. The van der Waals surface area contributed by atoms with Gasteiger partial charge in [-0.25, -0.2) is 4.79 Å². The van der Waals surface area contributed by atoms with Gasteiger partial charge in [0.05, 0.1) is 51.8 Å². The molecule has 0 N–H and O–H groups in total. The Morgan fingerprint density at radius 1 is 0.789 bits per heavy atom. The molecule has 0 aliphatic carbocycles. The van der Waals surface area contributed by atoms with Crippen LogP contribution in [0.2, 0.25) is 18.1 Å². The smallest absolute Gasteiger partial charge is 0.338 e. The van der Waals surface area contributed by atoms with Gasteiger partial charge in [0.25, 0.3) is 0 Å². The lowest BCUT2D eigenvalue weighted by molar-refractivity contribution is 0.0278. The summed E-state index contributed by atoms with van der Waals surface area (Å²) in [5, 5.41) is -0.0853. The van der Waals surface area contributed by atoms with Crippen molar-refractivity contribution in [1.29, 1.82) is 0 Å². The van der Waals surface area contributed by atoms with Crippen molar-refractivity contribution >= 4 is 36.9 Å². The van der Waals surface area contributed by atoms with Gasteiger partial charge in [-0.3, -0.25) is 0 Å². The van der Waals surface area contributed by atoms with Gasteiger partial charge in [-0.1, -0.05) is 20.8 Å². The summed E-state index contributed by atoms with van der Waals surface area (Å²) >= 11 is 2.19. The molecule has 1 unspecified atom stereocenters. The minimum atomic E-state index is -2.31. The molecule has 0 fully saturated rings. The van der Waals surface area contributed by atoms with Gasteiger partial charge in [0.1, 0.15) is 12.7 Å². The van der Waals surface area contributed by atoms with Crippen LogP contribution >= 0.6 is 22.6 Å². The van der Waals surface area contributed by atoms with Gasteiger partial charge in [-0.2, -0.15) is 0 Å². The minimum absolute atomic E-state index is 0.0450. The van der Waals surface area contributed by atoms with Crippen molar-refractivity contribution in [3.05, 3.63) is 32.9 Å². The lowest BCUT2D eigenvalue weighted by atomic mass is 10.1. The van der Waals surface area contributed by atoms with Crippen LogP contribution in [0.4, 0.5) is 0 Å². The minimum Gasteiger partial charge on any atom is -0.493 e. The molecule has 0 aromatic heterocycles. The van der Waals surface area contributed by atoms with Gasteiger partial charge in [-0.05, 0) is 58.9 Å². The van der Waals surface area contributed by atoms with Crippen LogP contribution in [0.15, 0.2) is 18.2 Å². The zero-order chi connectivity index (χ0) is 28.8. The summed E-state index contributed by atoms with van der Waals surface area (Å²) in [7, 11) is 6.85. The fourth-order valence-electron chi connectivity index (χ4n) is 3.53. The SMILES string of the molecule is COc1cc(C(=O)OCC(O[Si](C)(C)C(C)(C)C)c2cc(OC)c(OC)c(OC)c2I)cc(OC)c1OC. The van der Waals surface area contributed by atoms with Crippen molar-refractivity contribution in [1.82, 2.24) is 0 Å². The summed E-state index contributed by atoms with van der Waals surface area (Å²) in [6.45, 7) is 10.7. The number of halogens is 1. The van der Waals surface area contributed by atoms with E-state index in [1.54, 1.807) is 33.5 Å². The van der Waals surface area contributed by atoms with Crippen LogP contribution in [0.1, 0.15) is 42.8 Å². The largest absolute Gasteiger partial charge is 0.493 e. The highest BCUT2D eigenvalue weighted by atomic mass is 127. The summed E-state index contributed by atoms with van der Waals surface area (Å²) in [6.07, 6.45) is -0.595. The van der Waals surface area contributed by atoms with Crippen LogP contribution in [0, 0.1) is 3.57 Å². The maximum absolute atomic E-state index is 13.2. The summed E-state index contributed by atoms with van der Waals surface area (Å²) in [5.74, 6) is 2.01. The molecular weight excluding hydrogens is 623 g/mol. The van der Waals surface area contributed by atoms with E-state index < -0.39 is 20.4 Å². The number of rotatable bonds is 12. The summed E-state index contributed by atoms with van der Waals surface area (Å²) in [6, 6.07) is 4.95. The first kappa shape index (κ1) is 31.8. The molecule has 0 bridgehead atoms. The molecule has 38 heavy (non-hydrogen) atoms. The van der Waals surface area contributed by atoms with E-state index in [0.717, 1.165) is 9.13 Å². The van der Waals surface area contributed by atoms with Crippen LogP contribution < -0.4 is 28.4 Å². The van der Waals surface area contributed by atoms with Crippen LogP contribution in [0.25, 0.3) is 0 Å². The van der Waals surface area contributed by atoms with E-state index in [4.69, 9.17) is 37.6 Å². The lowest BCUT2D eigenvalue weighted by Crippen LogP contribution is -2.42. The molecule has 0 spiro atoms. The molecule has 2 aromatic rings. The van der Waals surface area contributed by atoms with Crippen molar-refractivity contribution in [2.45, 2.75) is 45.0 Å². The van der Waals surface area contributed by atoms with Gasteiger partial charge in [-0.15, -0.1) is 0 Å². The number of hydrogen-bond donors (Lipinski definition) is 0. The van der Waals surface area contributed by atoms with E-state index in [9.17, 15) is 4.79 Å². The molecule has 0 radical (unpaired) electrons. The zero-order valence-corrected chi connectivity index (χ0v) is 27.2. The first-order chi connectivity index (χ1) is 17.8. The molecule has 2 aromatic carbocycles. The molecule has 0 saturated heterocycles. The second kappa shape index (κ2) is 13.1. The second-order valence-corrected chi connectivity index (χ2v) is 15.8. The normalized spacial score (nSPS) is 12.4. The summed E-state index contributed by atoms with van der Waals surface area (Å²) in [5.41, 5.74) is 1.02. The first-order valence-corrected chi connectivity index (χ1v) is 15.9. The fraction of sp³-hybridized carbons (Fsp3) is 0.519. The molecule has 9 nitrogen and oxygen atoms in total. The molecule has 212 valence electrons. The monoisotopic (exact) mass is 662 g/mol. The van der Waals surface area contributed by atoms with Crippen molar-refractivity contribution < 1.29 is 42.4 Å². The molecule has 2 rings (SSSR count). The highest BCUT2D eigenvalue weighted by Gasteiger charge is 2.41. The standard InChI is InChI=1S/C27H39IO9Si/c1-27(2,3)38(10,11)37-21(17-14-20(32-6)24(34-8)25(35-9)22(17)28)15-36-26(29)16-12-18(30-4)23(33-7)19(13-16)31-5/h12-14,21H,15H2,1-11H3. The third kappa shape index (κ3) is 6.78. The number of esters is 1. The van der Waals surface area contributed by atoms with Crippen molar-refractivity contribution in [3.8, 4) is 34.5 Å². The topological polar surface area (TPSA) is 90.9 Å². The van der Waals surface area contributed by atoms with Crippen LogP contribution in [0.3, 0.4) is 0 Å². The highest BCUT2D eigenvalue weighted by molar-refractivity contribution is 14.1. The third-order valence-corrected chi connectivity index (χ3v) is 12.3. The number of benzene rings is 2. The average Bonchev–Trinajstić information content (AvgIpc) is 2.88. The van der Waals surface area contributed by atoms with E-state index >= 15 is 0 Å². The number of carbonyl (C=O) groups excluding carboxylic acids is 1. The van der Waals surface area contributed by atoms with Crippen molar-refractivity contribution in [3.63, 3.8) is 0 Å².